The van der Waals surface area contributed by atoms with E-state index in [0.717, 1.165) is 5.75 Å². The van der Waals surface area contributed by atoms with Crippen LogP contribution < -0.4 is 10.1 Å². The van der Waals surface area contributed by atoms with Gasteiger partial charge in [-0.15, -0.1) is 0 Å². The van der Waals surface area contributed by atoms with Crippen molar-refractivity contribution < 1.29 is 17.9 Å². The summed E-state index contributed by atoms with van der Waals surface area (Å²) in [5.41, 5.74) is 0.668. The van der Waals surface area contributed by atoms with Crippen LogP contribution in [0.1, 0.15) is 12.8 Å². The van der Waals surface area contributed by atoms with Gasteiger partial charge in [0, 0.05) is 12.1 Å². The van der Waals surface area contributed by atoms with Crippen LogP contribution in [-0.2, 0) is 14.6 Å². The Balaban J connectivity index is 1.53. The second-order valence-corrected chi connectivity index (χ2v) is 8.19. The molecule has 0 bridgehead atoms. The third kappa shape index (κ3) is 4.58. The van der Waals surface area contributed by atoms with Crippen LogP contribution in [0.4, 0.5) is 5.69 Å². The van der Waals surface area contributed by atoms with E-state index in [9.17, 15) is 13.2 Å². The topological polar surface area (TPSA) is 72.5 Å². The van der Waals surface area contributed by atoms with E-state index in [-0.39, 0.29) is 29.8 Å². The molecule has 6 heteroatoms. The summed E-state index contributed by atoms with van der Waals surface area (Å²) in [5.74, 6) is 1.50. The minimum absolute atomic E-state index is 0.0734. The average Bonchev–Trinajstić information content (AvgIpc) is 2.89. The van der Waals surface area contributed by atoms with Crippen LogP contribution in [0.25, 0.3) is 0 Å². The zero-order chi connectivity index (χ0) is 17.0. The van der Waals surface area contributed by atoms with E-state index in [0.29, 0.717) is 17.9 Å². The molecule has 24 heavy (non-hydrogen) atoms. The van der Waals surface area contributed by atoms with E-state index in [1.165, 1.54) is 0 Å². The Morgan fingerprint density at radius 3 is 2.33 bits per heavy atom. The van der Waals surface area contributed by atoms with Crippen LogP contribution in [0.5, 0.6) is 11.5 Å². The van der Waals surface area contributed by atoms with Crippen LogP contribution in [0, 0.1) is 5.92 Å². The number of ether oxygens (including phenoxy) is 1. The third-order valence-electron chi connectivity index (χ3n) is 3.92. The Bertz CT molecular complexity index is 801. The lowest BCUT2D eigenvalue weighted by Crippen LogP contribution is -2.17. The molecule has 0 saturated carbocycles. The molecule has 0 spiro atoms. The van der Waals surface area contributed by atoms with Gasteiger partial charge in [-0.1, -0.05) is 18.2 Å². The monoisotopic (exact) mass is 345 g/mol. The van der Waals surface area contributed by atoms with Gasteiger partial charge < -0.3 is 10.1 Å². The molecule has 1 aliphatic rings. The van der Waals surface area contributed by atoms with Crippen LogP contribution in [0.2, 0.25) is 0 Å². The molecule has 5 nitrogen and oxygen atoms in total. The average molecular weight is 345 g/mol. The summed E-state index contributed by atoms with van der Waals surface area (Å²) in [6.45, 7) is 0. The Kier molecular flexibility index (Phi) is 4.85. The van der Waals surface area contributed by atoms with E-state index in [1.54, 1.807) is 24.3 Å². The number of carbonyl (C=O) groups excluding carboxylic acids is 1. The number of carbonyl (C=O) groups is 1. The van der Waals surface area contributed by atoms with Crippen molar-refractivity contribution in [2.24, 2.45) is 5.92 Å². The Hall–Kier alpha value is -2.34. The number of amides is 1. The Morgan fingerprint density at radius 1 is 1.04 bits per heavy atom. The summed E-state index contributed by atoms with van der Waals surface area (Å²) in [5, 5.41) is 2.80. The summed E-state index contributed by atoms with van der Waals surface area (Å²) in [4.78, 5) is 12.0. The van der Waals surface area contributed by atoms with Crippen molar-refractivity contribution in [2.45, 2.75) is 12.8 Å². The summed E-state index contributed by atoms with van der Waals surface area (Å²) in [6, 6.07) is 16.5. The molecule has 1 saturated heterocycles. The van der Waals surface area contributed by atoms with Gasteiger partial charge in [0.2, 0.25) is 5.91 Å². The first-order valence-corrected chi connectivity index (χ1v) is 9.65. The third-order valence-corrected chi connectivity index (χ3v) is 5.75. The van der Waals surface area contributed by atoms with Gasteiger partial charge in [0.15, 0.2) is 9.84 Å². The second kappa shape index (κ2) is 7.05. The van der Waals surface area contributed by atoms with Crippen molar-refractivity contribution in [1.82, 2.24) is 0 Å². The van der Waals surface area contributed by atoms with Crippen molar-refractivity contribution in [3.05, 3.63) is 54.6 Å². The number of nitrogens with one attached hydrogen (secondary N) is 1. The molecule has 2 aromatic rings. The molecule has 1 atom stereocenters. The zero-order valence-corrected chi connectivity index (χ0v) is 14.0. The van der Waals surface area contributed by atoms with Gasteiger partial charge in [0.25, 0.3) is 0 Å². The summed E-state index contributed by atoms with van der Waals surface area (Å²) in [6.07, 6.45) is 0.807. The predicted molar refractivity (Wildman–Crippen MR) is 93.0 cm³/mol. The van der Waals surface area contributed by atoms with Gasteiger partial charge in [-0.05, 0) is 48.7 Å². The molecule has 1 aliphatic heterocycles. The van der Waals surface area contributed by atoms with E-state index >= 15 is 0 Å². The van der Waals surface area contributed by atoms with Crippen LogP contribution >= 0.6 is 0 Å². The van der Waals surface area contributed by atoms with E-state index < -0.39 is 9.84 Å². The molecule has 1 fully saturated rings. The van der Waals surface area contributed by atoms with Crippen molar-refractivity contribution >= 4 is 21.4 Å². The number of sulfone groups is 1. The maximum absolute atomic E-state index is 12.0. The van der Waals surface area contributed by atoms with Crippen LogP contribution in [0.15, 0.2) is 54.6 Å². The largest absolute Gasteiger partial charge is 0.457 e. The predicted octanol–water partition coefficient (Wildman–Crippen LogP) is 3.24. The summed E-state index contributed by atoms with van der Waals surface area (Å²) < 4.78 is 28.5. The minimum Gasteiger partial charge on any atom is -0.457 e. The van der Waals surface area contributed by atoms with Crippen LogP contribution in [-0.4, -0.2) is 25.8 Å². The standard InChI is InChI=1S/C18H19NO4S/c20-18(12-14-10-11-24(21,22)13-14)19-15-6-8-17(9-7-15)23-16-4-2-1-3-5-16/h1-9,14H,10-13H2,(H,19,20)/t14-/m1/s1. The summed E-state index contributed by atoms with van der Waals surface area (Å²) >= 11 is 0. The van der Waals surface area contributed by atoms with Crippen molar-refractivity contribution in [1.29, 1.82) is 0 Å². The molecule has 1 N–H and O–H groups in total. The molecular formula is C18H19NO4S. The summed E-state index contributed by atoms with van der Waals surface area (Å²) in [7, 11) is -2.95. The minimum atomic E-state index is -2.95. The first kappa shape index (κ1) is 16.5. The Labute approximate surface area is 141 Å². The fourth-order valence-electron chi connectivity index (χ4n) is 2.74. The molecule has 1 amide bonds. The lowest BCUT2D eigenvalue weighted by Gasteiger charge is -2.10. The number of hydrogen-bond donors (Lipinski definition) is 1. The molecule has 2 aromatic carbocycles. The first-order chi connectivity index (χ1) is 11.5. The van der Waals surface area contributed by atoms with Crippen molar-refractivity contribution in [3.63, 3.8) is 0 Å². The zero-order valence-electron chi connectivity index (χ0n) is 13.1. The van der Waals surface area contributed by atoms with E-state index in [4.69, 9.17) is 4.74 Å². The molecule has 126 valence electrons. The van der Waals surface area contributed by atoms with Gasteiger partial charge in [-0.25, -0.2) is 8.42 Å². The molecular weight excluding hydrogens is 326 g/mol. The van der Waals surface area contributed by atoms with E-state index in [2.05, 4.69) is 5.32 Å². The first-order valence-electron chi connectivity index (χ1n) is 7.83. The number of hydrogen-bond acceptors (Lipinski definition) is 4. The maximum Gasteiger partial charge on any atom is 0.224 e. The van der Waals surface area contributed by atoms with Gasteiger partial charge in [0.05, 0.1) is 11.5 Å². The van der Waals surface area contributed by atoms with Gasteiger partial charge in [0.1, 0.15) is 11.5 Å². The molecule has 0 aromatic heterocycles. The lowest BCUT2D eigenvalue weighted by atomic mass is 10.1. The number of rotatable bonds is 5. The van der Waals surface area contributed by atoms with Crippen molar-refractivity contribution in [2.75, 3.05) is 16.8 Å². The smallest absolute Gasteiger partial charge is 0.224 e. The highest BCUT2D eigenvalue weighted by atomic mass is 32.2. The lowest BCUT2D eigenvalue weighted by molar-refractivity contribution is -0.116. The van der Waals surface area contributed by atoms with Gasteiger partial charge in [-0.3, -0.25) is 4.79 Å². The SMILES string of the molecule is O=C(C[C@H]1CCS(=O)(=O)C1)Nc1ccc(Oc2ccccc2)cc1. The fraction of sp³-hybridized carbons (Fsp3) is 0.278. The molecule has 3 rings (SSSR count). The van der Waals surface area contributed by atoms with E-state index in [1.807, 2.05) is 30.3 Å². The molecule has 0 aliphatic carbocycles. The van der Waals surface area contributed by atoms with Gasteiger partial charge in [-0.2, -0.15) is 0 Å². The highest BCUT2D eigenvalue weighted by Crippen LogP contribution is 2.24. The maximum atomic E-state index is 12.0. The molecule has 1 heterocycles. The highest BCUT2D eigenvalue weighted by molar-refractivity contribution is 7.91. The van der Waals surface area contributed by atoms with Crippen molar-refractivity contribution in [3.8, 4) is 11.5 Å². The number of anilines is 1. The fourth-order valence-corrected chi connectivity index (χ4v) is 4.60. The number of benzene rings is 2. The quantitative estimate of drug-likeness (QED) is 0.903. The molecule has 0 unspecified atom stereocenters. The van der Waals surface area contributed by atoms with Gasteiger partial charge >= 0.3 is 0 Å². The van der Waals surface area contributed by atoms with Crippen LogP contribution in [0.3, 0.4) is 0 Å². The Morgan fingerprint density at radius 2 is 1.71 bits per heavy atom. The molecule has 0 radical (unpaired) electrons. The number of para-hydroxylation sites is 1. The second-order valence-electron chi connectivity index (χ2n) is 5.96. The normalized spacial score (nSPS) is 18.9. The highest BCUT2D eigenvalue weighted by Gasteiger charge is 2.29.